The Morgan fingerprint density at radius 2 is 2.33 bits per heavy atom. The Bertz CT molecular complexity index is 471. The molecule has 0 spiro atoms. The highest BCUT2D eigenvalue weighted by Gasteiger charge is 2.09. The van der Waals surface area contributed by atoms with Crippen LogP contribution in [0, 0.1) is 0 Å². The lowest BCUT2D eigenvalue weighted by Crippen LogP contribution is -2.15. The zero-order valence-electron chi connectivity index (χ0n) is 8.07. The molecule has 0 bridgehead atoms. The van der Waals surface area contributed by atoms with E-state index in [0.717, 1.165) is 28.4 Å². The zero-order valence-corrected chi connectivity index (χ0v) is 9.64. The van der Waals surface area contributed by atoms with Crippen molar-refractivity contribution in [3.05, 3.63) is 17.2 Å². The van der Waals surface area contributed by atoms with E-state index in [1.807, 2.05) is 6.07 Å². The Morgan fingerprint density at radius 1 is 1.53 bits per heavy atom. The largest absolute Gasteiger partial charge is 0.392 e. The summed E-state index contributed by atoms with van der Waals surface area (Å²) in [5, 5.41) is 12.8. The number of nitrogens with one attached hydrogen (secondary N) is 1. The lowest BCUT2D eigenvalue weighted by atomic mass is 10.2. The first kappa shape index (κ1) is 10.6. The quantitative estimate of drug-likeness (QED) is 0.867. The maximum atomic E-state index is 9.19. The molecule has 1 atom stereocenters. The molecule has 0 aliphatic carbocycles. The number of aliphatic hydroxyl groups excluding tert-OH is 1. The molecule has 2 N–H and O–H groups in total. The van der Waals surface area contributed by atoms with E-state index in [2.05, 4.69) is 14.1 Å². The van der Waals surface area contributed by atoms with Crippen LogP contribution in [0.4, 0.5) is 5.69 Å². The molecule has 2 aromatic rings. The fraction of sp³-hybridized carbons (Fsp3) is 0.333. The Kier molecular flexibility index (Phi) is 3.04. The molecule has 1 aromatic carbocycles. The van der Waals surface area contributed by atoms with E-state index >= 15 is 0 Å². The van der Waals surface area contributed by atoms with Crippen molar-refractivity contribution in [2.75, 3.05) is 11.9 Å². The number of hydrogen-bond donors (Lipinski definition) is 2. The molecular formula is C9H10ClN3OS. The zero-order chi connectivity index (χ0) is 10.8. The van der Waals surface area contributed by atoms with E-state index in [1.165, 1.54) is 0 Å². The molecule has 0 saturated heterocycles. The molecule has 4 nitrogen and oxygen atoms in total. The second-order valence-corrected chi connectivity index (χ2v) is 4.22. The molecule has 1 heterocycles. The van der Waals surface area contributed by atoms with Crippen molar-refractivity contribution in [3.8, 4) is 0 Å². The third-order valence-corrected chi connectivity index (χ3v) is 2.81. The van der Waals surface area contributed by atoms with Gasteiger partial charge in [-0.15, -0.1) is 0 Å². The summed E-state index contributed by atoms with van der Waals surface area (Å²) in [5.74, 6) is 0. The molecule has 6 heteroatoms. The summed E-state index contributed by atoms with van der Waals surface area (Å²) in [6.07, 6.45) is -0.428. The standard InChI is InChI=1S/C9H10ClN3OS/c1-5(14)4-11-8-6(10)2-3-7-9(8)13-15-12-7/h2-3,5,11,14H,4H2,1H3. The average molecular weight is 244 g/mol. The highest BCUT2D eigenvalue weighted by Crippen LogP contribution is 2.29. The molecule has 0 radical (unpaired) electrons. The number of benzene rings is 1. The van der Waals surface area contributed by atoms with E-state index in [0.29, 0.717) is 11.6 Å². The first-order valence-corrected chi connectivity index (χ1v) is 5.62. The molecule has 0 aliphatic rings. The van der Waals surface area contributed by atoms with E-state index in [4.69, 9.17) is 11.6 Å². The van der Waals surface area contributed by atoms with Crippen LogP contribution >= 0.6 is 23.3 Å². The highest BCUT2D eigenvalue weighted by molar-refractivity contribution is 7.00. The molecule has 15 heavy (non-hydrogen) atoms. The van der Waals surface area contributed by atoms with Crippen molar-refractivity contribution in [2.24, 2.45) is 0 Å². The van der Waals surface area contributed by atoms with Gasteiger partial charge in [0.25, 0.3) is 0 Å². The Balaban J connectivity index is 2.38. The summed E-state index contributed by atoms with van der Waals surface area (Å²) in [6.45, 7) is 2.15. The van der Waals surface area contributed by atoms with Crippen molar-refractivity contribution in [1.82, 2.24) is 8.75 Å². The van der Waals surface area contributed by atoms with Crippen LogP contribution in [0.3, 0.4) is 0 Å². The summed E-state index contributed by atoms with van der Waals surface area (Å²) in [5.41, 5.74) is 2.31. The maximum absolute atomic E-state index is 9.19. The summed E-state index contributed by atoms with van der Waals surface area (Å²) in [4.78, 5) is 0. The van der Waals surface area contributed by atoms with Gasteiger partial charge in [0.2, 0.25) is 0 Å². The predicted octanol–water partition coefficient (Wildman–Crippen LogP) is 2.14. The Hall–Kier alpha value is -0.910. The summed E-state index contributed by atoms with van der Waals surface area (Å²) < 4.78 is 8.28. The van der Waals surface area contributed by atoms with Gasteiger partial charge in [-0.2, -0.15) is 8.75 Å². The number of aliphatic hydroxyl groups is 1. The average Bonchev–Trinajstić information content (AvgIpc) is 2.63. The topological polar surface area (TPSA) is 58.0 Å². The van der Waals surface area contributed by atoms with Crippen molar-refractivity contribution >= 4 is 40.0 Å². The van der Waals surface area contributed by atoms with Gasteiger partial charge in [0.15, 0.2) is 0 Å². The summed E-state index contributed by atoms with van der Waals surface area (Å²) >= 11 is 7.19. The Morgan fingerprint density at radius 3 is 3.07 bits per heavy atom. The van der Waals surface area contributed by atoms with Gasteiger partial charge in [-0.05, 0) is 19.1 Å². The molecule has 80 valence electrons. The SMILES string of the molecule is CC(O)CNc1c(Cl)ccc2nsnc12. The smallest absolute Gasteiger partial charge is 0.129 e. The van der Waals surface area contributed by atoms with Crippen LogP contribution in [0.1, 0.15) is 6.92 Å². The normalized spacial score (nSPS) is 13.0. The molecule has 0 fully saturated rings. The molecular weight excluding hydrogens is 234 g/mol. The minimum absolute atomic E-state index is 0.428. The van der Waals surface area contributed by atoms with E-state index in [1.54, 1.807) is 13.0 Å². The number of anilines is 1. The number of halogens is 1. The molecule has 2 rings (SSSR count). The Labute approximate surface area is 96.2 Å². The van der Waals surface area contributed by atoms with Gasteiger partial charge in [-0.1, -0.05) is 11.6 Å². The minimum atomic E-state index is -0.428. The van der Waals surface area contributed by atoms with Crippen molar-refractivity contribution < 1.29 is 5.11 Å². The minimum Gasteiger partial charge on any atom is -0.392 e. The fourth-order valence-electron chi connectivity index (χ4n) is 1.24. The van der Waals surface area contributed by atoms with Gasteiger partial charge in [0.05, 0.1) is 28.5 Å². The lowest BCUT2D eigenvalue weighted by molar-refractivity contribution is 0.208. The van der Waals surface area contributed by atoms with Crippen LogP contribution in [0.2, 0.25) is 5.02 Å². The van der Waals surface area contributed by atoms with Crippen LogP contribution in [0.5, 0.6) is 0 Å². The second-order valence-electron chi connectivity index (χ2n) is 3.28. The first-order chi connectivity index (χ1) is 7.18. The monoisotopic (exact) mass is 243 g/mol. The van der Waals surface area contributed by atoms with Crippen molar-refractivity contribution in [3.63, 3.8) is 0 Å². The van der Waals surface area contributed by atoms with Gasteiger partial charge in [0.1, 0.15) is 11.0 Å². The number of hydrogen-bond acceptors (Lipinski definition) is 5. The van der Waals surface area contributed by atoms with Crippen LogP contribution in [0.25, 0.3) is 11.0 Å². The molecule has 1 aromatic heterocycles. The maximum Gasteiger partial charge on any atom is 0.129 e. The highest BCUT2D eigenvalue weighted by atomic mass is 35.5. The molecule has 0 aliphatic heterocycles. The summed E-state index contributed by atoms with van der Waals surface area (Å²) in [7, 11) is 0. The van der Waals surface area contributed by atoms with Crippen LogP contribution in [-0.2, 0) is 0 Å². The van der Waals surface area contributed by atoms with Gasteiger partial charge in [-0.3, -0.25) is 0 Å². The van der Waals surface area contributed by atoms with Crippen LogP contribution in [-0.4, -0.2) is 26.5 Å². The second kappa shape index (κ2) is 4.30. The number of aromatic nitrogens is 2. The van der Waals surface area contributed by atoms with Gasteiger partial charge < -0.3 is 10.4 Å². The van der Waals surface area contributed by atoms with Gasteiger partial charge >= 0.3 is 0 Å². The van der Waals surface area contributed by atoms with Crippen LogP contribution in [0.15, 0.2) is 12.1 Å². The van der Waals surface area contributed by atoms with Crippen molar-refractivity contribution in [2.45, 2.75) is 13.0 Å². The third kappa shape index (κ3) is 2.19. The van der Waals surface area contributed by atoms with E-state index in [-0.39, 0.29) is 0 Å². The third-order valence-electron chi connectivity index (χ3n) is 1.95. The molecule has 0 saturated carbocycles. The molecule has 0 amide bonds. The van der Waals surface area contributed by atoms with Gasteiger partial charge in [0, 0.05) is 6.54 Å². The number of rotatable bonds is 3. The van der Waals surface area contributed by atoms with E-state index < -0.39 is 6.10 Å². The predicted molar refractivity (Wildman–Crippen MR) is 62.6 cm³/mol. The first-order valence-electron chi connectivity index (χ1n) is 4.51. The summed E-state index contributed by atoms with van der Waals surface area (Å²) in [6, 6.07) is 3.60. The molecule has 1 unspecified atom stereocenters. The number of fused-ring (bicyclic) bond motifs is 1. The lowest BCUT2D eigenvalue weighted by Gasteiger charge is -2.09. The van der Waals surface area contributed by atoms with Crippen LogP contribution < -0.4 is 5.32 Å². The fourth-order valence-corrected chi connectivity index (χ4v) is 2.01. The number of nitrogens with zero attached hydrogens (tertiary/aromatic N) is 2. The van der Waals surface area contributed by atoms with Gasteiger partial charge in [-0.25, -0.2) is 0 Å². The van der Waals surface area contributed by atoms with Crippen molar-refractivity contribution in [1.29, 1.82) is 0 Å². The van der Waals surface area contributed by atoms with E-state index in [9.17, 15) is 5.11 Å².